The average molecular weight is 519 g/mol. The summed E-state index contributed by atoms with van der Waals surface area (Å²) in [7, 11) is 2.90. The number of carbonyl (C=O) groups is 2. The lowest BCUT2D eigenvalue weighted by Crippen LogP contribution is -2.36. The van der Waals surface area contributed by atoms with E-state index in [0.717, 1.165) is 26.4 Å². The zero-order valence-corrected chi connectivity index (χ0v) is 20.8. The molecule has 37 heavy (non-hydrogen) atoms. The molecule has 1 fully saturated rings. The normalized spacial score (nSPS) is 13.5. The fourth-order valence-corrected chi connectivity index (χ4v) is 4.77. The molecule has 5 rings (SSSR count). The van der Waals surface area contributed by atoms with Gasteiger partial charge in [-0.15, -0.1) is 21.5 Å². The predicted octanol–water partition coefficient (Wildman–Crippen LogP) is 3.84. The van der Waals surface area contributed by atoms with Gasteiger partial charge in [0.05, 0.1) is 31.4 Å². The summed E-state index contributed by atoms with van der Waals surface area (Å²) in [5.74, 6) is 0.838. The minimum absolute atomic E-state index is 0.0819. The molecule has 0 spiro atoms. The number of fused-ring (bicyclic) bond motifs is 1. The highest BCUT2D eigenvalue weighted by atomic mass is 32.1. The van der Waals surface area contributed by atoms with Gasteiger partial charge in [0, 0.05) is 5.69 Å². The number of anilines is 1. The molecular weight excluding hydrogens is 496 g/mol. The van der Waals surface area contributed by atoms with Gasteiger partial charge in [-0.05, 0) is 48.2 Å². The van der Waals surface area contributed by atoms with Crippen LogP contribution in [0.3, 0.4) is 0 Å². The molecule has 0 bridgehead atoms. The first-order valence-electron chi connectivity index (χ1n) is 11.4. The van der Waals surface area contributed by atoms with Crippen LogP contribution in [0, 0.1) is 11.3 Å². The van der Waals surface area contributed by atoms with Crippen LogP contribution < -0.4 is 15.4 Å². The monoisotopic (exact) mass is 518 g/mol. The van der Waals surface area contributed by atoms with Crippen molar-refractivity contribution in [3.8, 4) is 22.9 Å². The fraction of sp³-hybridized carbons (Fsp3) is 0.280. The van der Waals surface area contributed by atoms with Crippen molar-refractivity contribution in [2.75, 3.05) is 19.5 Å². The molecule has 0 aliphatic heterocycles. The number of benzene rings is 2. The van der Waals surface area contributed by atoms with Crippen LogP contribution in [0.2, 0.25) is 0 Å². The maximum Gasteiger partial charge on any atom is 0.411 e. The molecule has 1 saturated carbocycles. The highest BCUT2D eigenvalue weighted by Gasteiger charge is 2.44. The van der Waals surface area contributed by atoms with Gasteiger partial charge in [-0.2, -0.15) is 5.26 Å². The van der Waals surface area contributed by atoms with Crippen molar-refractivity contribution in [1.82, 2.24) is 20.5 Å². The summed E-state index contributed by atoms with van der Waals surface area (Å²) in [5.41, 5.74) is 2.48. The third-order valence-corrected chi connectivity index (χ3v) is 6.84. The standard InChI is InChI=1S/C25H22N6O5S/c1-34-17-9-15(14-3-5-16(6-4-14)27-24(33)35-2)10-18-23(17)28-22(37-18)12-21-31-30-20(36-21)11-19(32)29-25(13-26)7-8-25/h3-6,9-10H,7-8,11-12H2,1-2H3,(H,27,33)(H,29,32). The molecule has 2 amide bonds. The van der Waals surface area contributed by atoms with E-state index in [1.165, 1.54) is 18.4 Å². The summed E-state index contributed by atoms with van der Waals surface area (Å²) in [4.78, 5) is 28.3. The Hall–Kier alpha value is -4.50. The fourth-order valence-electron chi connectivity index (χ4n) is 3.76. The number of aromatic nitrogens is 3. The summed E-state index contributed by atoms with van der Waals surface area (Å²) >= 11 is 1.48. The van der Waals surface area contributed by atoms with Gasteiger partial charge in [0.1, 0.15) is 28.2 Å². The van der Waals surface area contributed by atoms with E-state index in [0.29, 0.717) is 36.6 Å². The number of rotatable bonds is 8. The number of nitrogens with one attached hydrogen (secondary N) is 2. The van der Waals surface area contributed by atoms with E-state index in [2.05, 4.69) is 31.6 Å². The lowest BCUT2D eigenvalue weighted by molar-refractivity contribution is -0.121. The van der Waals surface area contributed by atoms with Crippen LogP contribution >= 0.6 is 11.3 Å². The lowest BCUT2D eigenvalue weighted by Gasteiger charge is -2.08. The molecule has 2 aromatic heterocycles. The Morgan fingerprint density at radius 1 is 1.14 bits per heavy atom. The quantitative estimate of drug-likeness (QED) is 0.354. The van der Waals surface area contributed by atoms with Gasteiger partial charge < -0.3 is 19.2 Å². The van der Waals surface area contributed by atoms with Gasteiger partial charge in [-0.1, -0.05) is 12.1 Å². The van der Waals surface area contributed by atoms with Crippen molar-refractivity contribution in [1.29, 1.82) is 5.26 Å². The smallest absolute Gasteiger partial charge is 0.411 e. The number of hydrogen-bond donors (Lipinski definition) is 2. The Morgan fingerprint density at radius 2 is 1.89 bits per heavy atom. The molecule has 2 aromatic carbocycles. The Balaban J connectivity index is 1.31. The van der Waals surface area contributed by atoms with Gasteiger partial charge in [0.2, 0.25) is 17.7 Å². The molecule has 2 N–H and O–H groups in total. The molecule has 1 aliphatic carbocycles. The minimum Gasteiger partial charge on any atom is -0.494 e. The molecule has 0 saturated heterocycles. The zero-order valence-electron chi connectivity index (χ0n) is 20.0. The van der Waals surface area contributed by atoms with E-state index in [1.54, 1.807) is 19.2 Å². The molecule has 4 aromatic rings. The Labute approximate surface area is 215 Å². The molecule has 12 heteroatoms. The Bertz CT molecular complexity index is 1520. The van der Waals surface area contributed by atoms with E-state index >= 15 is 0 Å². The largest absolute Gasteiger partial charge is 0.494 e. The van der Waals surface area contributed by atoms with Gasteiger partial charge in [0.25, 0.3) is 0 Å². The van der Waals surface area contributed by atoms with Crippen molar-refractivity contribution >= 4 is 39.2 Å². The van der Waals surface area contributed by atoms with Crippen molar-refractivity contribution in [2.45, 2.75) is 31.2 Å². The summed E-state index contributed by atoms with van der Waals surface area (Å²) in [6.45, 7) is 0. The molecule has 2 heterocycles. The van der Waals surface area contributed by atoms with Crippen molar-refractivity contribution in [3.63, 3.8) is 0 Å². The third-order valence-electron chi connectivity index (χ3n) is 5.84. The van der Waals surface area contributed by atoms with E-state index in [9.17, 15) is 9.59 Å². The molecule has 0 unspecified atom stereocenters. The van der Waals surface area contributed by atoms with Crippen LogP contribution in [-0.4, -0.2) is 46.9 Å². The van der Waals surface area contributed by atoms with Crippen molar-refractivity contribution in [2.24, 2.45) is 0 Å². The summed E-state index contributed by atoms with van der Waals surface area (Å²) < 4.78 is 16.8. The van der Waals surface area contributed by atoms with Gasteiger partial charge in [-0.25, -0.2) is 9.78 Å². The average Bonchev–Trinajstić information content (AvgIpc) is 3.33. The number of hydrogen-bond acceptors (Lipinski definition) is 10. The van der Waals surface area contributed by atoms with Crippen LogP contribution in [0.15, 0.2) is 40.8 Å². The second-order valence-electron chi connectivity index (χ2n) is 8.51. The van der Waals surface area contributed by atoms with Crippen molar-refractivity contribution in [3.05, 3.63) is 53.2 Å². The summed E-state index contributed by atoms with van der Waals surface area (Å²) in [6, 6.07) is 13.4. The first-order valence-corrected chi connectivity index (χ1v) is 12.2. The summed E-state index contributed by atoms with van der Waals surface area (Å²) in [5, 5.41) is 23.2. The number of nitriles is 1. The molecule has 11 nitrogen and oxygen atoms in total. The maximum atomic E-state index is 12.2. The minimum atomic E-state index is -0.735. The number of amides is 2. The molecule has 1 aliphatic rings. The Morgan fingerprint density at radius 3 is 2.57 bits per heavy atom. The molecule has 0 atom stereocenters. The number of methoxy groups -OCH3 is 2. The number of ether oxygens (including phenoxy) is 2. The first-order chi connectivity index (χ1) is 17.9. The predicted molar refractivity (Wildman–Crippen MR) is 134 cm³/mol. The number of thiazole rings is 1. The highest BCUT2D eigenvalue weighted by Crippen LogP contribution is 2.36. The van der Waals surface area contributed by atoms with Gasteiger partial charge in [-0.3, -0.25) is 10.1 Å². The summed E-state index contributed by atoms with van der Waals surface area (Å²) in [6.07, 6.45) is 1.01. The van der Waals surface area contributed by atoms with Crippen LogP contribution in [0.4, 0.5) is 10.5 Å². The number of carbonyl (C=O) groups excluding carboxylic acids is 2. The van der Waals surface area contributed by atoms with E-state index in [4.69, 9.17) is 19.4 Å². The first kappa shape index (κ1) is 24.2. The SMILES string of the molecule is COC(=O)Nc1ccc(-c2cc(OC)c3nc(Cc4nnc(CC(=O)NC5(C#N)CC5)o4)sc3c2)cc1. The molecule has 188 valence electrons. The lowest BCUT2D eigenvalue weighted by atomic mass is 10.0. The Kier molecular flexibility index (Phi) is 6.45. The van der Waals surface area contributed by atoms with E-state index in [-0.39, 0.29) is 18.2 Å². The maximum absolute atomic E-state index is 12.2. The van der Waals surface area contributed by atoms with Crippen LogP contribution in [0.25, 0.3) is 21.3 Å². The number of nitrogens with zero attached hydrogens (tertiary/aromatic N) is 4. The third kappa shape index (κ3) is 5.36. The van der Waals surface area contributed by atoms with E-state index < -0.39 is 11.6 Å². The van der Waals surface area contributed by atoms with E-state index in [1.807, 2.05) is 24.3 Å². The van der Waals surface area contributed by atoms with Crippen molar-refractivity contribution < 1.29 is 23.5 Å². The van der Waals surface area contributed by atoms with Crippen LogP contribution in [-0.2, 0) is 22.4 Å². The molecule has 0 radical (unpaired) electrons. The highest BCUT2D eigenvalue weighted by molar-refractivity contribution is 7.18. The topological polar surface area (TPSA) is 152 Å². The zero-order chi connectivity index (χ0) is 26.0. The van der Waals surface area contributed by atoms with Crippen LogP contribution in [0.5, 0.6) is 5.75 Å². The molecular formula is C25H22N6O5S. The van der Waals surface area contributed by atoms with Crippen LogP contribution in [0.1, 0.15) is 29.6 Å². The second kappa shape index (κ2) is 9.87. The van der Waals surface area contributed by atoms with Gasteiger partial charge >= 0.3 is 6.09 Å². The van der Waals surface area contributed by atoms with Gasteiger partial charge in [0.15, 0.2) is 0 Å². The second-order valence-corrected chi connectivity index (χ2v) is 9.63.